The van der Waals surface area contributed by atoms with Gasteiger partial charge in [0.05, 0.1) is 6.04 Å². The number of thiazole rings is 1. The Morgan fingerprint density at radius 1 is 1.33 bits per heavy atom. The molecule has 0 saturated carbocycles. The number of anilines is 1. The van der Waals surface area contributed by atoms with Crippen LogP contribution in [0.3, 0.4) is 0 Å². The minimum absolute atomic E-state index is 0.00783. The highest BCUT2D eigenvalue weighted by molar-refractivity contribution is 7.13. The van der Waals surface area contributed by atoms with Crippen molar-refractivity contribution in [3.05, 3.63) is 40.9 Å². The first-order chi connectivity index (χ1) is 13.1. The Labute approximate surface area is 160 Å². The van der Waals surface area contributed by atoms with Gasteiger partial charge in [-0.25, -0.2) is 4.98 Å². The Morgan fingerprint density at radius 2 is 2.22 bits per heavy atom. The first kappa shape index (κ1) is 18.2. The number of hydrogen-bond donors (Lipinski definition) is 1. The highest BCUT2D eigenvalue weighted by Gasteiger charge is 2.34. The molecule has 1 aromatic heterocycles. The summed E-state index contributed by atoms with van der Waals surface area (Å²) in [4.78, 5) is 19.4. The molecular weight excluding hydrogens is 372 g/mol. The van der Waals surface area contributed by atoms with E-state index in [4.69, 9.17) is 0 Å². The Hall–Kier alpha value is -2.22. The van der Waals surface area contributed by atoms with Gasteiger partial charge in [0.2, 0.25) is 5.91 Å². The molecule has 2 heterocycles. The molecule has 1 fully saturated rings. The van der Waals surface area contributed by atoms with Crippen LogP contribution < -0.4 is 15.0 Å². The minimum Gasteiger partial charge on any atom is -0.435 e. The number of rotatable bonds is 5. The molecule has 0 radical (unpaired) electrons. The van der Waals surface area contributed by atoms with Crippen LogP contribution in [0.1, 0.15) is 42.9 Å². The molecule has 2 aromatic rings. The van der Waals surface area contributed by atoms with Crippen LogP contribution in [0.5, 0.6) is 5.75 Å². The molecule has 5 nitrogen and oxygen atoms in total. The molecule has 4 rings (SSSR count). The normalized spacial score (nSPS) is 22.0. The van der Waals surface area contributed by atoms with Crippen molar-refractivity contribution in [3.8, 4) is 5.75 Å². The number of aryl methyl sites for hydroxylation is 1. The Balaban J connectivity index is 1.48. The predicted molar refractivity (Wildman–Crippen MR) is 99.4 cm³/mol. The van der Waals surface area contributed by atoms with E-state index in [1.807, 2.05) is 5.38 Å². The number of aromatic nitrogens is 1. The van der Waals surface area contributed by atoms with Crippen LogP contribution in [0.2, 0.25) is 0 Å². The van der Waals surface area contributed by atoms with Gasteiger partial charge in [0, 0.05) is 18.1 Å². The second-order valence-corrected chi connectivity index (χ2v) is 7.73. The average molecular weight is 393 g/mol. The third-order valence-electron chi connectivity index (χ3n) is 5.19. The zero-order valence-corrected chi connectivity index (χ0v) is 15.6. The van der Waals surface area contributed by atoms with E-state index in [0.29, 0.717) is 0 Å². The first-order valence-electron chi connectivity index (χ1n) is 9.16. The Morgan fingerprint density at radius 3 is 3.00 bits per heavy atom. The summed E-state index contributed by atoms with van der Waals surface area (Å²) >= 11 is 1.54. The zero-order valence-electron chi connectivity index (χ0n) is 14.7. The molecule has 8 heteroatoms. The van der Waals surface area contributed by atoms with Crippen LogP contribution in [-0.4, -0.2) is 30.1 Å². The molecule has 1 saturated heterocycles. The Bertz CT molecular complexity index is 800. The molecule has 1 aliphatic heterocycles. The molecule has 0 bridgehead atoms. The lowest BCUT2D eigenvalue weighted by Crippen LogP contribution is -2.45. The second kappa shape index (κ2) is 7.80. The van der Waals surface area contributed by atoms with E-state index in [1.54, 1.807) is 35.7 Å². The first-order valence-corrected chi connectivity index (χ1v) is 10.0. The predicted octanol–water partition coefficient (Wildman–Crippen LogP) is 3.91. The van der Waals surface area contributed by atoms with Crippen molar-refractivity contribution in [1.82, 2.24) is 10.3 Å². The van der Waals surface area contributed by atoms with E-state index >= 15 is 0 Å². The summed E-state index contributed by atoms with van der Waals surface area (Å²) in [7, 11) is 0. The van der Waals surface area contributed by atoms with Gasteiger partial charge in [-0.05, 0) is 55.4 Å². The quantitative estimate of drug-likeness (QED) is 0.837. The van der Waals surface area contributed by atoms with Crippen molar-refractivity contribution < 1.29 is 18.3 Å². The van der Waals surface area contributed by atoms with Gasteiger partial charge in [0.25, 0.3) is 0 Å². The number of halogens is 2. The van der Waals surface area contributed by atoms with E-state index in [9.17, 15) is 13.6 Å². The molecule has 1 amide bonds. The maximum absolute atomic E-state index is 12.9. The number of ether oxygens (including phenoxy) is 1. The standard InChI is InChI=1S/C19H21F2N3O2S/c20-18(21)26-13-6-7-14-12(11-13)3-1-4-15(14)23-17(25)16-5-2-9-24(16)19-22-8-10-27-19/h6-8,10-11,15-16,18H,1-5,9H2,(H,23,25)/t15-,16+/m1/s1. The SMILES string of the molecule is O=C(N[C@@H]1CCCc2cc(OC(F)F)ccc21)[C@@H]1CCCN1c1nccs1. The monoisotopic (exact) mass is 393 g/mol. The molecule has 2 atom stereocenters. The molecular formula is C19H21F2N3O2S. The fourth-order valence-electron chi connectivity index (χ4n) is 4.01. The van der Waals surface area contributed by atoms with Gasteiger partial charge >= 0.3 is 6.61 Å². The smallest absolute Gasteiger partial charge is 0.387 e. The summed E-state index contributed by atoms with van der Waals surface area (Å²) in [5, 5.41) is 5.97. The topological polar surface area (TPSA) is 54.5 Å². The van der Waals surface area contributed by atoms with E-state index in [2.05, 4.69) is 19.9 Å². The van der Waals surface area contributed by atoms with Crippen molar-refractivity contribution in [2.24, 2.45) is 0 Å². The summed E-state index contributed by atoms with van der Waals surface area (Å²) in [6, 6.07) is 4.71. The number of carbonyl (C=O) groups is 1. The summed E-state index contributed by atoms with van der Waals surface area (Å²) in [5.41, 5.74) is 1.96. The fourth-order valence-corrected chi connectivity index (χ4v) is 4.73. The zero-order chi connectivity index (χ0) is 18.8. The second-order valence-electron chi connectivity index (χ2n) is 6.86. The molecule has 1 N–H and O–H groups in total. The van der Waals surface area contributed by atoms with Gasteiger partial charge in [-0.3, -0.25) is 4.79 Å². The van der Waals surface area contributed by atoms with E-state index in [0.717, 1.165) is 54.9 Å². The molecule has 2 aliphatic rings. The van der Waals surface area contributed by atoms with Crippen LogP contribution in [0.15, 0.2) is 29.8 Å². The van der Waals surface area contributed by atoms with Crippen LogP contribution in [0, 0.1) is 0 Å². The molecule has 1 aliphatic carbocycles. The largest absolute Gasteiger partial charge is 0.435 e. The van der Waals surface area contributed by atoms with E-state index in [1.165, 1.54) is 0 Å². The van der Waals surface area contributed by atoms with Crippen LogP contribution in [-0.2, 0) is 11.2 Å². The maximum Gasteiger partial charge on any atom is 0.387 e. The summed E-state index contributed by atoms with van der Waals surface area (Å²) in [5.74, 6) is 0.176. The van der Waals surface area contributed by atoms with Crippen molar-refractivity contribution in [2.45, 2.75) is 50.8 Å². The van der Waals surface area contributed by atoms with Crippen molar-refractivity contribution in [3.63, 3.8) is 0 Å². The number of carbonyl (C=O) groups excluding carboxylic acids is 1. The molecule has 0 spiro atoms. The van der Waals surface area contributed by atoms with E-state index < -0.39 is 6.61 Å². The highest BCUT2D eigenvalue weighted by atomic mass is 32.1. The number of nitrogens with zero attached hydrogens (tertiary/aromatic N) is 2. The van der Waals surface area contributed by atoms with Crippen LogP contribution in [0.25, 0.3) is 0 Å². The van der Waals surface area contributed by atoms with Gasteiger partial charge < -0.3 is 15.0 Å². The van der Waals surface area contributed by atoms with Crippen molar-refractivity contribution in [1.29, 1.82) is 0 Å². The highest BCUT2D eigenvalue weighted by Crippen LogP contribution is 2.34. The number of hydrogen-bond acceptors (Lipinski definition) is 5. The van der Waals surface area contributed by atoms with Crippen LogP contribution >= 0.6 is 11.3 Å². The minimum atomic E-state index is -2.83. The third kappa shape index (κ3) is 3.90. The van der Waals surface area contributed by atoms with Crippen molar-refractivity contribution in [2.75, 3.05) is 11.4 Å². The van der Waals surface area contributed by atoms with Gasteiger partial charge in [-0.1, -0.05) is 6.07 Å². The summed E-state index contributed by atoms with van der Waals surface area (Å²) < 4.78 is 29.4. The maximum atomic E-state index is 12.9. The lowest BCUT2D eigenvalue weighted by Gasteiger charge is -2.30. The number of alkyl halides is 2. The number of fused-ring (bicyclic) bond motifs is 1. The Kier molecular flexibility index (Phi) is 5.24. The third-order valence-corrected chi connectivity index (χ3v) is 6.00. The fraction of sp³-hybridized carbons (Fsp3) is 0.474. The van der Waals surface area contributed by atoms with Gasteiger partial charge in [-0.2, -0.15) is 8.78 Å². The van der Waals surface area contributed by atoms with Gasteiger partial charge in [-0.15, -0.1) is 11.3 Å². The van der Waals surface area contributed by atoms with Crippen LogP contribution in [0.4, 0.5) is 13.9 Å². The van der Waals surface area contributed by atoms with E-state index in [-0.39, 0.29) is 23.7 Å². The molecule has 144 valence electrons. The summed E-state index contributed by atoms with van der Waals surface area (Å²) in [6.07, 6.45) is 6.08. The lowest BCUT2D eigenvalue weighted by molar-refractivity contribution is -0.123. The number of amides is 1. The van der Waals surface area contributed by atoms with Gasteiger partial charge in [0.1, 0.15) is 11.8 Å². The molecule has 1 aromatic carbocycles. The average Bonchev–Trinajstić information content (AvgIpc) is 3.32. The van der Waals surface area contributed by atoms with Gasteiger partial charge in [0.15, 0.2) is 5.13 Å². The number of nitrogens with one attached hydrogen (secondary N) is 1. The number of benzene rings is 1. The molecule has 0 unspecified atom stereocenters. The summed E-state index contributed by atoms with van der Waals surface area (Å²) in [6.45, 7) is -2.00. The lowest BCUT2D eigenvalue weighted by atomic mass is 9.87. The van der Waals surface area contributed by atoms with Crippen molar-refractivity contribution >= 4 is 22.4 Å². The molecule has 27 heavy (non-hydrogen) atoms.